The highest BCUT2D eigenvalue weighted by atomic mass is 16.5. The molecule has 0 aliphatic carbocycles. The first kappa shape index (κ1) is 16.0. The first-order chi connectivity index (χ1) is 12.3. The summed E-state index contributed by atoms with van der Waals surface area (Å²) >= 11 is 0. The van der Waals surface area contributed by atoms with Crippen molar-refractivity contribution in [3.8, 4) is 5.75 Å². The largest absolute Gasteiger partial charge is 0.497 e. The Kier molecular flexibility index (Phi) is 4.35. The minimum absolute atomic E-state index is 0.0715. The summed E-state index contributed by atoms with van der Waals surface area (Å²) in [6, 6.07) is 14.0. The molecule has 0 saturated carbocycles. The van der Waals surface area contributed by atoms with Gasteiger partial charge in [-0.15, -0.1) is 0 Å². The number of rotatable bonds is 3. The monoisotopic (exact) mass is 336 g/mol. The van der Waals surface area contributed by atoms with Crippen molar-refractivity contribution < 1.29 is 9.53 Å². The topological polar surface area (TPSA) is 32.8 Å². The zero-order valence-electron chi connectivity index (χ0n) is 14.7. The Balaban J connectivity index is 1.65. The number of carbonyl (C=O) groups excluding carboxylic acids is 1. The van der Waals surface area contributed by atoms with Gasteiger partial charge in [0.05, 0.1) is 7.11 Å². The second-order valence-corrected chi connectivity index (χ2v) is 6.80. The van der Waals surface area contributed by atoms with E-state index in [1.807, 2.05) is 29.2 Å². The molecular formula is C21H24N2O2. The average Bonchev–Trinajstić information content (AvgIpc) is 3.21. The summed E-state index contributed by atoms with van der Waals surface area (Å²) in [5.74, 6) is 0.842. The highest BCUT2D eigenvalue weighted by Gasteiger charge is 2.25. The Hall–Kier alpha value is -2.49. The summed E-state index contributed by atoms with van der Waals surface area (Å²) in [6.45, 7) is 3.01. The van der Waals surface area contributed by atoms with Gasteiger partial charge in [0, 0.05) is 36.6 Å². The Morgan fingerprint density at radius 3 is 2.44 bits per heavy atom. The van der Waals surface area contributed by atoms with E-state index in [0.717, 1.165) is 43.9 Å². The number of anilines is 2. The van der Waals surface area contributed by atoms with Gasteiger partial charge in [0.2, 0.25) is 0 Å². The van der Waals surface area contributed by atoms with E-state index in [9.17, 15) is 4.79 Å². The number of aryl methyl sites for hydroxylation is 1. The average molecular weight is 336 g/mol. The van der Waals surface area contributed by atoms with Gasteiger partial charge in [-0.3, -0.25) is 4.79 Å². The molecule has 0 aromatic heterocycles. The molecule has 0 N–H and O–H groups in total. The molecule has 0 unspecified atom stereocenters. The highest BCUT2D eigenvalue weighted by Crippen LogP contribution is 2.33. The van der Waals surface area contributed by atoms with Crippen molar-refractivity contribution in [2.75, 3.05) is 36.5 Å². The molecule has 25 heavy (non-hydrogen) atoms. The molecule has 1 fully saturated rings. The van der Waals surface area contributed by atoms with Gasteiger partial charge in [-0.1, -0.05) is 6.07 Å². The lowest BCUT2D eigenvalue weighted by Gasteiger charge is -2.31. The van der Waals surface area contributed by atoms with Crippen LogP contribution in [0, 0.1) is 0 Å². The number of hydrogen-bond acceptors (Lipinski definition) is 3. The Bertz CT molecular complexity index is 764. The van der Waals surface area contributed by atoms with Crippen molar-refractivity contribution in [3.63, 3.8) is 0 Å². The van der Waals surface area contributed by atoms with E-state index in [1.165, 1.54) is 24.1 Å². The van der Waals surface area contributed by atoms with E-state index in [0.29, 0.717) is 5.56 Å². The van der Waals surface area contributed by atoms with Gasteiger partial charge in [0.25, 0.3) is 5.91 Å². The lowest BCUT2D eigenvalue weighted by atomic mass is 9.99. The van der Waals surface area contributed by atoms with Crippen LogP contribution < -0.4 is 14.5 Å². The number of hydrogen-bond donors (Lipinski definition) is 0. The molecule has 1 saturated heterocycles. The third-order valence-electron chi connectivity index (χ3n) is 5.24. The number of nitrogens with zero attached hydrogens (tertiary/aromatic N) is 2. The molecule has 2 aliphatic heterocycles. The summed E-state index contributed by atoms with van der Waals surface area (Å²) in [5, 5.41) is 0. The maximum Gasteiger partial charge on any atom is 0.258 e. The van der Waals surface area contributed by atoms with Crippen LogP contribution in [0.25, 0.3) is 0 Å². The quantitative estimate of drug-likeness (QED) is 0.852. The van der Waals surface area contributed by atoms with Gasteiger partial charge in [-0.2, -0.15) is 0 Å². The van der Waals surface area contributed by atoms with Crippen molar-refractivity contribution in [2.45, 2.75) is 25.7 Å². The zero-order valence-corrected chi connectivity index (χ0v) is 14.7. The molecule has 2 aliphatic rings. The number of methoxy groups -OCH3 is 1. The van der Waals surface area contributed by atoms with Gasteiger partial charge in [-0.05, 0) is 67.6 Å². The van der Waals surface area contributed by atoms with Crippen LogP contribution in [0.1, 0.15) is 35.2 Å². The number of fused-ring (bicyclic) bond motifs is 1. The first-order valence-corrected chi connectivity index (χ1v) is 9.10. The molecule has 0 radical (unpaired) electrons. The Labute approximate surface area is 149 Å². The summed E-state index contributed by atoms with van der Waals surface area (Å²) in [4.78, 5) is 17.4. The number of carbonyl (C=O) groups is 1. The number of amides is 1. The van der Waals surface area contributed by atoms with Crippen molar-refractivity contribution in [2.24, 2.45) is 0 Å². The predicted molar refractivity (Wildman–Crippen MR) is 101 cm³/mol. The van der Waals surface area contributed by atoms with E-state index in [1.54, 1.807) is 7.11 Å². The molecule has 0 bridgehead atoms. The van der Waals surface area contributed by atoms with Gasteiger partial charge in [-0.25, -0.2) is 0 Å². The summed E-state index contributed by atoms with van der Waals surface area (Å²) < 4.78 is 5.19. The van der Waals surface area contributed by atoms with Crippen molar-refractivity contribution in [3.05, 3.63) is 53.6 Å². The fourth-order valence-corrected chi connectivity index (χ4v) is 3.84. The van der Waals surface area contributed by atoms with E-state index >= 15 is 0 Å². The van der Waals surface area contributed by atoms with Crippen LogP contribution in [0.15, 0.2) is 42.5 Å². The van der Waals surface area contributed by atoms with Crippen LogP contribution in [0.2, 0.25) is 0 Å². The lowest BCUT2D eigenvalue weighted by molar-refractivity contribution is 0.0985. The minimum Gasteiger partial charge on any atom is -0.497 e. The molecule has 1 amide bonds. The van der Waals surface area contributed by atoms with Crippen LogP contribution in [-0.4, -0.2) is 32.7 Å². The Morgan fingerprint density at radius 2 is 1.72 bits per heavy atom. The maximum absolute atomic E-state index is 13.1. The molecule has 2 aromatic rings. The molecule has 130 valence electrons. The van der Waals surface area contributed by atoms with Crippen LogP contribution in [0.5, 0.6) is 5.75 Å². The minimum atomic E-state index is 0.0715. The summed E-state index contributed by atoms with van der Waals surface area (Å²) in [6.07, 6.45) is 4.57. The van der Waals surface area contributed by atoms with Crippen LogP contribution >= 0.6 is 0 Å². The van der Waals surface area contributed by atoms with Gasteiger partial charge >= 0.3 is 0 Å². The smallest absolute Gasteiger partial charge is 0.258 e. The van der Waals surface area contributed by atoms with E-state index in [4.69, 9.17) is 4.74 Å². The third kappa shape index (κ3) is 3.09. The molecule has 4 rings (SSSR count). The molecule has 4 heteroatoms. The van der Waals surface area contributed by atoms with Gasteiger partial charge in [0.15, 0.2) is 0 Å². The maximum atomic E-state index is 13.1. The van der Waals surface area contributed by atoms with E-state index < -0.39 is 0 Å². The van der Waals surface area contributed by atoms with Crippen LogP contribution in [-0.2, 0) is 6.42 Å². The van der Waals surface area contributed by atoms with Gasteiger partial charge in [0.1, 0.15) is 5.75 Å². The third-order valence-corrected chi connectivity index (χ3v) is 5.24. The predicted octanol–water partition coefficient (Wildman–Crippen LogP) is 3.89. The Morgan fingerprint density at radius 1 is 0.960 bits per heavy atom. The molecule has 2 aromatic carbocycles. The second kappa shape index (κ2) is 6.79. The highest BCUT2D eigenvalue weighted by molar-refractivity contribution is 6.07. The van der Waals surface area contributed by atoms with E-state index in [-0.39, 0.29) is 5.91 Å². The lowest BCUT2D eigenvalue weighted by Crippen LogP contribution is -2.35. The normalized spacial score (nSPS) is 16.7. The second-order valence-electron chi connectivity index (χ2n) is 6.80. The fourth-order valence-electron chi connectivity index (χ4n) is 3.84. The number of ether oxygens (including phenoxy) is 1. The van der Waals surface area contributed by atoms with Crippen molar-refractivity contribution >= 4 is 17.3 Å². The van der Waals surface area contributed by atoms with Crippen LogP contribution in [0.3, 0.4) is 0 Å². The standard InChI is InChI=1S/C21H24N2O2/c1-25-19-10-7-17(8-11-19)21(24)23-14-4-5-16-6-9-18(15-20(16)23)22-12-2-3-13-22/h6-11,15H,2-5,12-14H2,1H3. The summed E-state index contributed by atoms with van der Waals surface area (Å²) in [5.41, 5.74) is 4.30. The zero-order chi connectivity index (χ0) is 17.2. The van der Waals surface area contributed by atoms with Crippen molar-refractivity contribution in [1.82, 2.24) is 0 Å². The fraction of sp³-hybridized carbons (Fsp3) is 0.381. The molecule has 0 atom stereocenters. The summed E-state index contributed by atoms with van der Waals surface area (Å²) in [7, 11) is 1.64. The van der Waals surface area contributed by atoms with E-state index in [2.05, 4.69) is 23.1 Å². The molecule has 2 heterocycles. The SMILES string of the molecule is COc1ccc(C(=O)N2CCCc3ccc(N4CCCC4)cc32)cc1. The van der Waals surface area contributed by atoms with Crippen molar-refractivity contribution in [1.29, 1.82) is 0 Å². The molecule has 0 spiro atoms. The van der Waals surface area contributed by atoms with Crippen LogP contribution in [0.4, 0.5) is 11.4 Å². The number of benzene rings is 2. The first-order valence-electron chi connectivity index (χ1n) is 9.10. The van der Waals surface area contributed by atoms with Gasteiger partial charge < -0.3 is 14.5 Å². The molecule has 4 nitrogen and oxygen atoms in total. The molecular weight excluding hydrogens is 312 g/mol.